The number of halogens is 1. The zero-order chi connectivity index (χ0) is 14.8. The summed E-state index contributed by atoms with van der Waals surface area (Å²) in [7, 11) is 0. The number of fused-ring (bicyclic) bond motifs is 1. The van der Waals surface area contributed by atoms with Crippen molar-refractivity contribution in [2.45, 2.75) is 0 Å². The van der Waals surface area contributed by atoms with Gasteiger partial charge in [0, 0.05) is 11.1 Å². The Kier molecular flexibility index (Phi) is 3.39. The maximum absolute atomic E-state index is 10.1. The lowest BCUT2D eigenvalue weighted by Gasteiger charge is -2.10. The molecule has 21 heavy (non-hydrogen) atoms. The van der Waals surface area contributed by atoms with Gasteiger partial charge in [0.1, 0.15) is 11.8 Å². The van der Waals surface area contributed by atoms with E-state index in [1.165, 1.54) is 0 Å². The normalized spacial score (nSPS) is 10.3. The molecule has 0 radical (unpaired) electrons. The van der Waals surface area contributed by atoms with Gasteiger partial charge in [-0.3, -0.25) is 0 Å². The van der Waals surface area contributed by atoms with Gasteiger partial charge in [0.15, 0.2) is 11.5 Å². The average Bonchev–Trinajstić information content (AvgIpc) is 2.48. The summed E-state index contributed by atoms with van der Waals surface area (Å²) < 4.78 is 5.66. The minimum absolute atomic E-state index is 0.0116. The van der Waals surface area contributed by atoms with Crippen LogP contribution in [0.3, 0.4) is 0 Å². The van der Waals surface area contributed by atoms with E-state index < -0.39 is 0 Å². The van der Waals surface area contributed by atoms with Crippen LogP contribution < -0.4 is 4.74 Å². The van der Waals surface area contributed by atoms with Crippen LogP contribution in [-0.2, 0) is 0 Å². The number of nitriles is 1. The Hall–Kier alpha value is -2.70. The largest absolute Gasteiger partial charge is 0.504 e. The van der Waals surface area contributed by atoms with Crippen molar-refractivity contribution in [3.63, 3.8) is 0 Å². The fourth-order valence-electron chi connectivity index (χ4n) is 2.08. The molecule has 102 valence electrons. The summed E-state index contributed by atoms with van der Waals surface area (Å²) in [5.74, 6) is 0.612. The highest BCUT2D eigenvalue weighted by molar-refractivity contribution is 6.30. The van der Waals surface area contributed by atoms with Gasteiger partial charge in [-0.1, -0.05) is 35.9 Å². The number of hydrogen-bond acceptors (Lipinski definition) is 3. The Bertz CT molecular complexity index is 868. The monoisotopic (exact) mass is 295 g/mol. The zero-order valence-electron chi connectivity index (χ0n) is 10.9. The molecule has 0 aromatic heterocycles. The molecule has 0 heterocycles. The lowest BCUT2D eigenvalue weighted by molar-refractivity contribution is 0.412. The second-order valence-electron chi connectivity index (χ2n) is 4.52. The predicted octanol–water partition coefficient (Wildman–Crippen LogP) is 4.86. The zero-order valence-corrected chi connectivity index (χ0v) is 11.6. The highest BCUT2D eigenvalue weighted by Gasteiger charge is 2.10. The maximum atomic E-state index is 10.1. The first-order valence-corrected chi connectivity index (χ1v) is 6.64. The smallest absolute Gasteiger partial charge is 0.169 e. The van der Waals surface area contributed by atoms with Gasteiger partial charge in [0.05, 0.1) is 5.56 Å². The Labute approximate surface area is 126 Å². The molecule has 3 aromatic carbocycles. The molecular formula is C17H10ClNO2. The van der Waals surface area contributed by atoms with Crippen molar-refractivity contribution < 1.29 is 9.84 Å². The summed E-state index contributed by atoms with van der Waals surface area (Å²) >= 11 is 5.92. The lowest BCUT2D eigenvalue weighted by Crippen LogP contribution is -1.89. The summed E-state index contributed by atoms with van der Waals surface area (Å²) in [6, 6.07) is 17.8. The number of phenols is 1. The third-order valence-corrected chi connectivity index (χ3v) is 3.35. The molecule has 0 fully saturated rings. The number of nitrogens with zero attached hydrogens (tertiary/aromatic N) is 1. The first-order valence-electron chi connectivity index (χ1n) is 6.26. The summed E-state index contributed by atoms with van der Waals surface area (Å²) in [6.45, 7) is 0. The number of aromatic hydroxyl groups is 1. The van der Waals surface area contributed by atoms with E-state index in [0.717, 1.165) is 10.8 Å². The van der Waals surface area contributed by atoms with E-state index in [-0.39, 0.29) is 11.5 Å². The molecule has 0 atom stereocenters. The number of phenolic OH excluding ortho intramolecular Hbond substituents is 1. The van der Waals surface area contributed by atoms with Crippen LogP contribution >= 0.6 is 11.6 Å². The minimum Gasteiger partial charge on any atom is -0.504 e. The van der Waals surface area contributed by atoms with E-state index in [1.807, 2.05) is 30.3 Å². The molecule has 0 saturated heterocycles. The summed E-state index contributed by atoms with van der Waals surface area (Å²) in [5, 5.41) is 21.5. The molecule has 4 heteroatoms. The molecule has 0 unspecified atom stereocenters. The van der Waals surface area contributed by atoms with Crippen LogP contribution in [0.4, 0.5) is 0 Å². The van der Waals surface area contributed by atoms with Crippen LogP contribution in [0, 0.1) is 11.3 Å². The fraction of sp³-hybridized carbons (Fsp3) is 0. The van der Waals surface area contributed by atoms with Crippen molar-refractivity contribution in [2.75, 3.05) is 0 Å². The number of rotatable bonds is 2. The van der Waals surface area contributed by atoms with Gasteiger partial charge in [-0.05, 0) is 35.0 Å². The third kappa shape index (κ3) is 2.62. The van der Waals surface area contributed by atoms with Crippen molar-refractivity contribution in [3.05, 3.63) is 65.2 Å². The molecule has 3 nitrogen and oxygen atoms in total. The predicted molar refractivity (Wildman–Crippen MR) is 81.9 cm³/mol. The highest BCUT2D eigenvalue weighted by Crippen LogP contribution is 2.36. The first kappa shape index (κ1) is 13.3. The fourth-order valence-corrected chi connectivity index (χ4v) is 2.24. The summed E-state index contributed by atoms with van der Waals surface area (Å²) in [5.41, 5.74) is 0.354. The molecule has 3 rings (SSSR count). The summed E-state index contributed by atoms with van der Waals surface area (Å²) in [6.07, 6.45) is 0. The van der Waals surface area contributed by atoms with Crippen molar-refractivity contribution in [1.29, 1.82) is 5.26 Å². The topological polar surface area (TPSA) is 53.2 Å². The molecule has 0 spiro atoms. The minimum atomic E-state index is 0.0116. The van der Waals surface area contributed by atoms with E-state index in [1.54, 1.807) is 30.3 Å². The quantitative estimate of drug-likeness (QED) is 0.734. The van der Waals surface area contributed by atoms with Crippen molar-refractivity contribution in [2.24, 2.45) is 0 Å². The van der Waals surface area contributed by atoms with Crippen LogP contribution in [-0.4, -0.2) is 5.11 Å². The van der Waals surface area contributed by atoms with E-state index in [2.05, 4.69) is 0 Å². The SMILES string of the molecule is N#Cc1ccc(Cl)cc1Oc1cc2ccccc2cc1O. The van der Waals surface area contributed by atoms with Crippen LogP contribution in [0.5, 0.6) is 17.2 Å². The lowest BCUT2D eigenvalue weighted by atomic mass is 10.1. The van der Waals surface area contributed by atoms with E-state index >= 15 is 0 Å². The van der Waals surface area contributed by atoms with Crippen molar-refractivity contribution >= 4 is 22.4 Å². The van der Waals surface area contributed by atoms with Crippen molar-refractivity contribution in [1.82, 2.24) is 0 Å². The van der Waals surface area contributed by atoms with Crippen LogP contribution in [0.25, 0.3) is 10.8 Å². The Morgan fingerprint density at radius 3 is 2.38 bits per heavy atom. The molecule has 0 aliphatic rings. The molecule has 0 aliphatic carbocycles. The van der Waals surface area contributed by atoms with E-state index in [0.29, 0.717) is 16.3 Å². The summed E-state index contributed by atoms with van der Waals surface area (Å²) in [4.78, 5) is 0. The van der Waals surface area contributed by atoms with Gasteiger partial charge in [-0.15, -0.1) is 0 Å². The molecule has 3 aromatic rings. The van der Waals surface area contributed by atoms with Gasteiger partial charge >= 0.3 is 0 Å². The van der Waals surface area contributed by atoms with E-state index in [4.69, 9.17) is 21.6 Å². The molecule has 1 N–H and O–H groups in total. The second-order valence-corrected chi connectivity index (χ2v) is 4.96. The van der Waals surface area contributed by atoms with Gasteiger partial charge in [-0.2, -0.15) is 5.26 Å². The van der Waals surface area contributed by atoms with Crippen molar-refractivity contribution in [3.8, 4) is 23.3 Å². The average molecular weight is 296 g/mol. The number of ether oxygens (including phenoxy) is 1. The number of benzene rings is 3. The third-order valence-electron chi connectivity index (χ3n) is 3.11. The molecule has 0 aliphatic heterocycles. The maximum Gasteiger partial charge on any atom is 0.169 e. The van der Waals surface area contributed by atoms with Gasteiger partial charge in [0.2, 0.25) is 0 Å². The second kappa shape index (κ2) is 5.35. The van der Waals surface area contributed by atoms with Gasteiger partial charge in [0.25, 0.3) is 0 Å². The van der Waals surface area contributed by atoms with Crippen LogP contribution in [0.1, 0.15) is 5.56 Å². The Balaban J connectivity index is 2.08. The molecular weight excluding hydrogens is 286 g/mol. The highest BCUT2D eigenvalue weighted by atomic mass is 35.5. The van der Waals surface area contributed by atoms with Crippen LogP contribution in [0.15, 0.2) is 54.6 Å². The Morgan fingerprint density at radius 2 is 1.67 bits per heavy atom. The van der Waals surface area contributed by atoms with E-state index in [9.17, 15) is 5.11 Å². The van der Waals surface area contributed by atoms with Gasteiger partial charge < -0.3 is 9.84 Å². The molecule has 0 amide bonds. The van der Waals surface area contributed by atoms with Gasteiger partial charge in [-0.25, -0.2) is 0 Å². The van der Waals surface area contributed by atoms with Crippen LogP contribution in [0.2, 0.25) is 5.02 Å². The first-order chi connectivity index (χ1) is 10.2. The molecule has 0 saturated carbocycles. The number of hydrogen-bond donors (Lipinski definition) is 1. The standard InChI is InChI=1S/C17H10ClNO2/c18-14-6-5-13(10-19)16(9-14)21-17-8-12-4-2-1-3-11(12)7-15(17)20/h1-9,20H. The molecule has 0 bridgehead atoms. The Morgan fingerprint density at radius 1 is 0.952 bits per heavy atom.